The van der Waals surface area contributed by atoms with Crippen LogP contribution in [-0.2, 0) is 16.1 Å². The van der Waals surface area contributed by atoms with Crippen molar-refractivity contribution in [2.24, 2.45) is 0 Å². The largest absolute Gasteiger partial charge is 0.497 e. The fraction of sp³-hybridized carbons (Fsp3) is 0.500. The van der Waals surface area contributed by atoms with Crippen LogP contribution in [0.2, 0.25) is 0 Å². The van der Waals surface area contributed by atoms with Crippen LogP contribution < -0.4 is 4.74 Å². The van der Waals surface area contributed by atoms with Crippen LogP contribution in [0.4, 0.5) is 0 Å². The fourth-order valence-electron chi connectivity index (χ4n) is 2.43. The van der Waals surface area contributed by atoms with Gasteiger partial charge in [0.25, 0.3) is 0 Å². The minimum atomic E-state index is -1.12. The molecule has 0 amide bonds. The van der Waals surface area contributed by atoms with E-state index in [1.807, 2.05) is 24.3 Å². The molecule has 0 bridgehead atoms. The Morgan fingerprint density at radius 3 is 2.50 bits per heavy atom. The quantitative estimate of drug-likeness (QED) is 0.743. The lowest BCUT2D eigenvalue weighted by Gasteiger charge is -2.23. The normalized spacial score (nSPS) is 26.5. The van der Waals surface area contributed by atoms with Crippen molar-refractivity contribution < 1.29 is 24.5 Å². The molecule has 1 aromatic rings. The maximum Gasteiger partial charge on any atom is 0.325 e. The number of hydrogen-bond donors (Lipinski definition) is 2. The molecule has 0 saturated carbocycles. The van der Waals surface area contributed by atoms with Crippen LogP contribution in [0, 0.1) is 0 Å². The summed E-state index contributed by atoms with van der Waals surface area (Å²) in [6, 6.07) is 6.57. The highest BCUT2D eigenvalue weighted by molar-refractivity contribution is 5.77. The van der Waals surface area contributed by atoms with Crippen molar-refractivity contribution in [1.29, 1.82) is 0 Å². The maximum absolute atomic E-state index is 11.7. The molecular weight excluding hydrogens is 262 g/mol. The summed E-state index contributed by atoms with van der Waals surface area (Å²) in [7, 11) is 2.86. The van der Waals surface area contributed by atoms with Crippen LogP contribution in [0.5, 0.6) is 5.75 Å². The average Bonchev–Trinajstić information content (AvgIpc) is 2.74. The average molecular weight is 281 g/mol. The predicted octanol–water partition coefficient (Wildman–Crippen LogP) is -0.226. The standard InChI is InChI=1S/C14H19NO5/c1-19-10-5-3-9(4-6-10)7-15-8-11(16)13(17)12(15)14(18)20-2/h3-6,11-13,16-17H,7-8H2,1-2H3/t11-,12+,13+/m1/s1. The monoisotopic (exact) mass is 281 g/mol. The van der Waals surface area contributed by atoms with Crippen molar-refractivity contribution in [1.82, 2.24) is 4.90 Å². The van der Waals surface area contributed by atoms with E-state index in [9.17, 15) is 15.0 Å². The molecule has 1 heterocycles. The first-order chi connectivity index (χ1) is 9.56. The van der Waals surface area contributed by atoms with Crippen molar-refractivity contribution in [3.8, 4) is 5.75 Å². The van der Waals surface area contributed by atoms with Gasteiger partial charge in [-0.15, -0.1) is 0 Å². The lowest BCUT2D eigenvalue weighted by atomic mass is 10.1. The Labute approximate surface area is 117 Å². The van der Waals surface area contributed by atoms with Crippen molar-refractivity contribution in [2.75, 3.05) is 20.8 Å². The van der Waals surface area contributed by atoms with E-state index >= 15 is 0 Å². The molecule has 3 atom stereocenters. The predicted molar refractivity (Wildman–Crippen MR) is 71.2 cm³/mol. The third-order valence-corrected chi connectivity index (χ3v) is 3.52. The van der Waals surface area contributed by atoms with Crippen molar-refractivity contribution in [3.05, 3.63) is 29.8 Å². The second kappa shape index (κ2) is 6.21. The van der Waals surface area contributed by atoms with Gasteiger partial charge in [0, 0.05) is 13.1 Å². The smallest absolute Gasteiger partial charge is 0.325 e. The van der Waals surface area contributed by atoms with Gasteiger partial charge in [-0.3, -0.25) is 9.69 Å². The lowest BCUT2D eigenvalue weighted by molar-refractivity contribution is -0.149. The first kappa shape index (κ1) is 14.8. The van der Waals surface area contributed by atoms with Gasteiger partial charge in [-0.2, -0.15) is 0 Å². The molecule has 0 radical (unpaired) electrons. The number of rotatable bonds is 4. The van der Waals surface area contributed by atoms with E-state index in [4.69, 9.17) is 4.74 Å². The van der Waals surface area contributed by atoms with Crippen molar-refractivity contribution >= 4 is 5.97 Å². The van der Waals surface area contributed by atoms with Gasteiger partial charge >= 0.3 is 5.97 Å². The van der Waals surface area contributed by atoms with Crippen LogP contribution in [-0.4, -0.2) is 60.1 Å². The molecule has 2 rings (SSSR count). The number of benzene rings is 1. The van der Waals surface area contributed by atoms with Gasteiger partial charge in [-0.1, -0.05) is 12.1 Å². The summed E-state index contributed by atoms with van der Waals surface area (Å²) < 4.78 is 9.77. The molecule has 0 aromatic heterocycles. The van der Waals surface area contributed by atoms with Crippen LogP contribution in [0.25, 0.3) is 0 Å². The number of methoxy groups -OCH3 is 2. The van der Waals surface area contributed by atoms with Gasteiger partial charge in [-0.05, 0) is 17.7 Å². The number of esters is 1. The van der Waals surface area contributed by atoms with Crippen LogP contribution in [0.3, 0.4) is 0 Å². The van der Waals surface area contributed by atoms with Gasteiger partial charge in [0.1, 0.15) is 17.9 Å². The molecule has 6 heteroatoms. The molecule has 0 unspecified atom stereocenters. The van der Waals surface area contributed by atoms with Gasteiger partial charge in [0.15, 0.2) is 0 Å². The molecule has 0 aliphatic carbocycles. The SMILES string of the molecule is COC(=O)[C@@H]1[C@@H](O)[C@H](O)CN1Cc1ccc(OC)cc1. The zero-order valence-corrected chi connectivity index (χ0v) is 11.5. The second-order valence-electron chi connectivity index (χ2n) is 4.80. The van der Waals surface area contributed by atoms with Crippen LogP contribution in [0.1, 0.15) is 5.56 Å². The molecule has 1 aliphatic rings. The first-order valence-corrected chi connectivity index (χ1v) is 6.37. The van der Waals surface area contributed by atoms with E-state index in [1.165, 1.54) is 7.11 Å². The van der Waals surface area contributed by atoms with Gasteiger partial charge < -0.3 is 19.7 Å². The van der Waals surface area contributed by atoms with E-state index in [0.717, 1.165) is 11.3 Å². The Kier molecular flexibility index (Phi) is 4.59. The zero-order valence-electron chi connectivity index (χ0n) is 11.5. The number of aliphatic hydroxyl groups is 2. The summed E-state index contributed by atoms with van der Waals surface area (Å²) in [4.78, 5) is 13.4. The highest BCUT2D eigenvalue weighted by atomic mass is 16.5. The first-order valence-electron chi connectivity index (χ1n) is 6.37. The van der Waals surface area contributed by atoms with E-state index in [2.05, 4.69) is 4.74 Å². The van der Waals surface area contributed by atoms with E-state index in [0.29, 0.717) is 6.54 Å². The minimum Gasteiger partial charge on any atom is -0.497 e. The second-order valence-corrected chi connectivity index (χ2v) is 4.80. The molecule has 1 aliphatic heterocycles. The van der Waals surface area contributed by atoms with E-state index in [1.54, 1.807) is 12.0 Å². The third-order valence-electron chi connectivity index (χ3n) is 3.52. The van der Waals surface area contributed by atoms with Gasteiger partial charge in [0.2, 0.25) is 0 Å². The molecular formula is C14H19NO5. The molecule has 1 saturated heterocycles. The van der Waals surface area contributed by atoms with Crippen molar-refractivity contribution in [2.45, 2.75) is 24.8 Å². The minimum absolute atomic E-state index is 0.229. The Morgan fingerprint density at radius 1 is 1.30 bits per heavy atom. The molecule has 2 N–H and O–H groups in total. The fourth-order valence-corrected chi connectivity index (χ4v) is 2.43. The molecule has 0 spiro atoms. The number of likely N-dealkylation sites (tertiary alicyclic amines) is 1. The van der Waals surface area contributed by atoms with E-state index < -0.39 is 24.2 Å². The molecule has 1 fully saturated rings. The Balaban J connectivity index is 2.11. The maximum atomic E-state index is 11.7. The molecule has 110 valence electrons. The summed E-state index contributed by atoms with van der Waals surface area (Å²) in [5, 5.41) is 19.6. The number of carbonyl (C=O) groups is 1. The Hall–Kier alpha value is -1.63. The molecule has 20 heavy (non-hydrogen) atoms. The number of aliphatic hydroxyl groups excluding tert-OH is 2. The number of β-amino-alcohol motifs (C(OH)–C–C–N with tert-alkyl or cyclic N) is 1. The molecule has 6 nitrogen and oxygen atoms in total. The number of hydrogen-bond acceptors (Lipinski definition) is 6. The van der Waals surface area contributed by atoms with Crippen LogP contribution in [0.15, 0.2) is 24.3 Å². The lowest BCUT2D eigenvalue weighted by Crippen LogP contribution is -2.43. The third kappa shape index (κ3) is 2.92. The summed E-state index contributed by atoms with van der Waals surface area (Å²) in [6.45, 7) is 0.671. The highest BCUT2D eigenvalue weighted by Gasteiger charge is 2.44. The van der Waals surface area contributed by atoms with Crippen molar-refractivity contribution in [3.63, 3.8) is 0 Å². The van der Waals surface area contributed by atoms with E-state index in [-0.39, 0.29) is 6.54 Å². The molecule has 1 aromatic carbocycles. The van der Waals surface area contributed by atoms with Gasteiger partial charge in [-0.25, -0.2) is 0 Å². The zero-order chi connectivity index (χ0) is 14.7. The number of carbonyl (C=O) groups excluding carboxylic acids is 1. The Bertz CT molecular complexity index is 461. The number of ether oxygens (including phenoxy) is 2. The summed E-state index contributed by atoms with van der Waals surface area (Å²) in [5.74, 6) is 0.210. The van der Waals surface area contributed by atoms with Crippen LogP contribution >= 0.6 is 0 Å². The highest BCUT2D eigenvalue weighted by Crippen LogP contribution is 2.23. The number of nitrogens with zero attached hydrogens (tertiary/aromatic N) is 1. The Morgan fingerprint density at radius 2 is 1.95 bits per heavy atom. The summed E-state index contributed by atoms with van der Waals surface area (Å²) in [6.07, 6.45) is -2.07. The summed E-state index contributed by atoms with van der Waals surface area (Å²) >= 11 is 0. The topological polar surface area (TPSA) is 79.2 Å². The van der Waals surface area contributed by atoms with Gasteiger partial charge in [0.05, 0.1) is 20.3 Å². The summed E-state index contributed by atoms with van der Waals surface area (Å²) in [5.41, 5.74) is 0.959.